The fraction of sp³-hybridized carbons (Fsp3) is 0.500. The topological polar surface area (TPSA) is 15.6 Å². The zero-order chi connectivity index (χ0) is 7.28. The van der Waals surface area contributed by atoms with Crippen LogP contribution in [0.15, 0.2) is 16.2 Å². The third kappa shape index (κ3) is 5.37. The Labute approximate surface area is 60.8 Å². The molecule has 0 fully saturated rings. The lowest BCUT2D eigenvalue weighted by molar-refractivity contribution is 0.440. The van der Waals surface area contributed by atoms with Crippen LogP contribution >= 0.6 is 11.6 Å². The Bertz CT molecular complexity index is 127. The number of hydrogen-bond acceptors (Lipinski definition) is 2. The smallest absolute Gasteiger partial charge is 0.0508 e. The first-order chi connectivity index (χ1) is 4.16. The summed E-state index contributed by atoms with van der Waals surface area (Å²) in [6, 6.07) is 0. The molecule has 0 radical (unpaired) electrons. The Balaban J connectivity index is 3.71. The molecule has 0 saturated heterocycles. The van der Waals surface area contributed by atoms with Crippen LogP contribution in [0.25, 0.3) is 0 Å². The van der Waals surface area contributed by atoms with Crippen molar-refractivity contribution in [2.45, 2.75) is 6.92 Å². The fourth-order valence-corrected chi connectivity index (χ4v) is 0.291. The van der Waals surface area contributed by atoms with Crippen LogP contribution in [0.5, 0.6) is 0 Å². The molecule has 0 aromatic rings. The van der Waals surface area contributed by atoms with Crippen molar-refractivity contribution in [2.75, 3.05) is 14.1 Å². The van der Waals surface area contributed by atoms with E-state index >= 15 is 0 Å². The van der Waals surface area contributed by atoms with E-state index in [1.54, 1.807) is 11.2 Å². The summed E-state index contributed by atoms with van der Waals surface area (Å²) in [5, 5.41) is 5.66. The van der Waals surface area contributed by atoms with E-state index in [0.717, 1.165) is 5.57 Å². The lowest BCUT2D eigenvalue weighted by Gasteiger charge is -2.00. The SMILES string of the molecule is CC(/C=N/N(C)C)=C\Cl. The molecule has 0 aliphatic heterocycles. The number of halogens is 1. The number of allylic oxidation sites excluding steroid dienone is 1. The molecule has 0 bridgehead atoms. The van der Waals surface area contributed by atoms with Gasteiger partial charge in [-0.05, 0) is 12.5 Å². The largest absolute Gasteiger partial charge is 0.303 e. The Morgan fingerprint density at radius 1 is 1.56 bits per heavy atom. The van der Waals surface area contributed by atoms with Crippen LogP contribution < -0.4 is 0 Å². The van der Waals surface area contributed by atoms with E-state index in [0.29, 0.717) is 0 Å². The predicted molar refractivity (Wildman–Crippen MR) is 41.8 cm³/mol. The second-order valence-electron chi connectivity index (χ2n) is 1.94. The summed E-state index contributed by atoms with van der Waals surface area (Å²) < 4.78 is 0. The highest BCUT2D eigenvalue weighted by Gasteiger charge is 1.79. The lowest BCUT2D eigenvalue weighted by Crippen LogP contribution is -2.01. The van der Waals surface area contributed by atoms with Gasteiger partial charge in [0, 0.05) is 19.6 Å². The second-order valence-corrected chi connectivity index (χ2v) is 2.16. The average Bonchev–Trinajstić information content (AvgIpc) is 1.83. The Kier molecular flexibility index (Phi) is 4.14. The van der Waals surface area contributed by atoms with Crippen molar-refractivity contribution in [2.24, 2.45) is 5.10 Å². The van der Waals surface area contributed by atoms with E-state index in [2.05, 4.69) is 5.10 Å². The minimum absolute atomic E-state index is 0.949. The summed E-state index contributed by atoms with van der Waals surface area (Å²) in [4.78, 5) is 0. The van der Waals surface area contributed by atoms with E-state index in [9.17, 15) is 0 Å². The summed E-state index contributed by atoms with van der Waals surface area (Å²) in [6.07, 6.45) is 1.70. The molecule has 0 N–H and O–H groups in total. The lowest BCUT2D eigenvalue weighted by atomic mass is 10.4. The maximum atomic E-state index is 5.36. The summed E-state index contributed by atoms with van der Waals surface area (Å²) in [5.41, 5.74) is 2.44. The number of hydrogen-bond donors (Lipinski definition) is 0. The first-order valence-electron chi connectivity index (χ1n) is 2.65. The van der Waals surface area contributed by atoms with Gasteiger partial charge in [-0.15, -0.1) is 0 Å². The molecule has 0 aromatic carbocycles. The normalized spacial score (nSPS) is 12.7. The van der Waals surface area contributed by atoms with Gasteiger partial charge in [0.05, 0.1) is 6.21 Å². The molecule has 0 aromatic heterocycles. The van der Waals surface area contributed by atoms with Gasteiger partial charge in [0.15, 0.2) is 0 Å². The van der Waals surface area contributed by atoms with Gasteiger partial charge < -0.3 is 5.01 Å². The van der Waals surface area contributed by atoms with Crippen LogP contribution in [0.2, 0.25) is 0 Å². The second kappa shape index (κ2) is 4.39. The van der Waals surface area contributed by atoms with Gasteiger partial charge in [0.25, 0.3) is 0 Å². The van der Waals surface area contributed by atoms with Gasteiger partial charge in [-0.25, -0.2) is 0 Å². The van der Waals surface area contributed by atoms with E-state index in [1.807, 2.05) is 21.0 Å². The van der Waals surface area contributed by atoms with Crippen molar-refractivity contribution in [3.05, 3.63) is 11.1 Å². The predicted octanol–water partition coefficient (Wildman–Crippen LogP) is 1.68. The molecule has 52 valence electrons. The van der Waals surface area contributed by atoms with E-state index in [4.69, 9.17) is 11.6 Å². The summed E-state index contributed by atoms with van der Waals surface area (Å²) in [5.74, 6) is 0. The molecule has 0 spiro atoms. The molecule has 0 aliphatic rings. The van der Waals surface area contributed by atoms with Crippen molar-refractivity contribution < 1.29 is 0 Å². The first-order valence-corrected chi connectivity index (χ1v) is 3.08. The van der Waals surface area contributed by atoms with Gasteiger partial charge in [0.1, 0.15) is 0 Å². The molecular weight excluding hydrogens is 136 g/mol. The molecule has 9 heavy (non-hydrogen) atoms. The van der Waals surface area contributed by atoms with Crippen LogP contribution in [0.3, 0.4) is 0 Å². The van der Waals surface area contributed by atoms with Crippen LogP contribution in [-0.4, -0.2) is 25.3 Å². The van der Waals surface area contributed by atoms with E-state index in [-0.39, 0.29) is 0 Å². The quantitative estimate of drug-likeness (QED) is 0.428. The van der Waals surface area contributed by atoms with Crippen molar-refractivity contribution in [3.63, 3.8) is 0 Å². The van der Waals surface area contributed by atoms with Crippen LogP contribution in [0.1, 0.15) is 6.92 Å². The molecule has 3 heteroatoms. The molecule has 2 nitrogen and oxygen atoms in total. The number of nitrogens with zero attached hydrogens (tertiary/aromatic N) is 2. The summed E-state index contributed by atoms with van der Waals surface area (Å²) in [6.45, 7) is 1.89. The van der Waals surface area contributed by atoms with Crippen molar-refractivity contribution in [3.8, 4) is 0 Å². The van der Waals surface area contributed by atoms with E-state index in [1.165, 1.54) is 5.54 Å². The highest BCUT2D eigenvalue weighted by Crippen LogP contribution is 1.90. The van der Waals surface area contributed by atoms with Crippen LogP contribution in [-0.2, 0) is 0 Å². The van der Waals surface area contributed by atoms with Crippen LogP contribution in [0.4, 0.5) is 0 Å². The van der Waals surface area contributed by atoms with E-state index < -0.39 is 0 Å². The third-order valence-corrected chi connectivity index (χ3v) is 1.01. The van der Waals surface area contributed by atoms with Gasteiger partial charge >= 0.3 is 0 Å². The summed E-state index contributed by atoms with van der Waals surface area (Å²) in [7, 11) is 3.72. The minimum Gasteiger partial charge on any atom is -0.303 e. The Hall–Kier alpha value is -0.500. The van der Waals surface area contributed by atoms with Gasteiger partial charge in [-0.3, -0.25) is 0 Å². The number of hydrazone groups is 1. The maximum Gasteiger partial charge on any atom is 0.0508 e. The zero-order valence-electron chi connectivity index (χ0n) is 5.93. The average molecular weight is 147 g/mol. The number of rotatable bonds is 2. The molecule has 0 atom stereocenters. The van der Waals surface area contributed by atoms with Crippen molar-refractivity contribution in [1.29, 1.82) is 0 Å². The minimum atomic E-state index is 0.949. The molecule has 0 saturated carbocycles. The van der Waals surface area contributed by atoms with Crippen LogP contribution in [0, 0.1) is 0 Å². The molecule has 0 amide bonds. The standard InChI is InChI=1S/C6H11ClN2/c1-6(4-7)5-8-9(2)3/h4-5H,1-3H3/b6-4+,8-5+. The summed E-state index contributed by atoms with van der Waals surface area (Å²) >= 11 is 5.36. The first kappa shape index (κ1) is 8.50. The monoisotopic (exact) mass is 146 g/mol. The Morgan fingerprint density at radius 2 is 2.11 bits per heavy atom. The van der Waals surface area contributed by atoms with Gasteiger partial charge in [-0.1, -0.05) is 11.6 Å². The maximum absolute atomic E-state index is 5.36. The molecule has 0 rings (SSSR count). The van der Waals surface area contributed by atoms with Gasteiger partial charge in [0.2, 0.25) is 0 Å². The highest BCUT2D eigenvalue weighted by molar-refractivity contribution is 6.26. The molecule has 0 heterocycles. The highest BCUT2D eigenvalue weighted by atomic mass is 35.5. The Morgan fingerprint density at radius 3 is 2.44 bits per heavy atom. The molecule has 0 unspecified atom stereocenters. The van der Waals surface area contributed by atoms with Crippen molar-refractivity contribution >= 4 is 17.8 Å². The third-order valence-electron chi connectivity index (χ3n) is 0.664. The molecular formula is C6H11ClN2. The van der Waals surface area contributed by atoms with Gasteiger partial charge in [-0.2, -0.15) is 5.10 Å². The molecule has 0 aliphatic carbocycles. The van der Waals surface area contributed by atoms with Crippen molar-refractivity contribution in [1.82, 2.24) is 5.01 Å². The zero-order valence-corrected chi connectivity index (χ0v) is 6.68. The fourth-order valence-electron chi connectivity index (χ4n) is 0.235.